The second-order valence-corrected chi connectivity index (χ2v) is 4.00. The fraction of sp³-hybridized carbons (Fsp3) is 0.545. The third kappa shape index (κ3) is 2.07. The van der Waals surface area contributed by atoms with E-state index in [1.165, 1.54) is 12.0 Å². The monoisotopic (exact) mass is 177 g/mol. The van der Waals surface area contributed by atoms with Crippen molar-refractivity contribution in [3.63, 3.8) is 0 Å². The summed E-state index contributed by atoms with van der Waals surface area (Å²) < 4.78 is 0. The minimum atomic E-state index is -0.155. The Morgan fingerprint density at radius 3 is 2.69 bits per heavy atom. The molecule has 1 saturated carbocycles. The summed E-state index contributed by atoms with van der Waals surface area (Å²) in [5.41, 5.74) is 1.18. The SMILES string of the molecule is CC1CC1C(O)Cc1ccncc1. The van der Waals surface area contributed by atoms with Gasteiger partial charge in [0.15, 0.2) is 0 Å². The Morgan fingerprint density at radius 1 is 1.54 bits per heavy atom. The van der Waals surface area contributed by atoms with Gasteiger partial charge in [-0.1, -0.05) is 6.92 Å². The lowest BCUT2D eigenvalue weighted by Crippen LogP contribution is -2.13. The number of aliphatic hydroxyl groups excluding tert-OH is 1. The van der Waals surface area contributed by atoms with Crippen molar-refractivity contribution in [1.82, 2.24) is 4.98 Å². The molecule has 2 heteroatoms. The summed E-state index contributed by atoms with van der Waals surface area (Å²) in [6.07, 6.45) is 5.36. The first-order valence-electron chi connectivity index (χ1n) is 4.84. The van der Waals surface area contributed by atoms with E-state index < -0.39 is 0 Å². The number of hydrogen-bond donors (Lipinski definition) is 1. The Labute approximate surface area is 78.6 Å². The summed E-state index contributed by atoms with van der Waals surface area (Å²) in [7, 11) is 0. The number of pyridine rings is 1. The quantitative estimate of drug-likeness (QED) is 0.761. The van der Waals surface area contributed by atoms with Crippen LogP contribution >= 0.6 is 0 Å². The lowest BCUT2D eigenvalue weighted by molar-refractivity contribution is 0.146. The standard InChI is InChI=1S/C11H15NO/c1-8-6-10(8)11(13)7-9-2-4-12-5-3-9/h2-5,8,10-11,13H,6-7H2,1H3. The maximum Gasteiger partial charge on any atom is 0.0611 e. The Morgan fingerprint density at radius 2 is 2.15 bits per heavy atom. The van der Waals surface area contributed by atoms with Crippen molar-refractivity contribution in [2.75, 3.05) is 0 Å². The number of aliphatic hydroxyl groups is 1. The van der Waals surface area contributed by atoms with Gasteiger partial charge < -0.3 is 5.11 Å². The molecular formula is C11H15NO. The van der Waals surface area contributed by atoms with Crippen molar-refractivity contribution in [2.45, 2.75) is 25.9 Å². The topological polar surface area (TPSA) is 33.1 Å². The molecule has 0 bridgehead atoms. The highest BCUT2D eigenvalue weighted by Gasteiger charge is 2.38. The first-order valence-corrected chi connectivity index (χ1v) is 4.84. The summed E-state index contributed by atoms with van der Waals surface area (Å²) in [6.45, 7) is 2.19. The van der Waals surface area contributed by atoms with E-state index in [1.54, 1.807) is 12.4 Å². The molecule has 3 atom stereocenters. The van der Waals surface area contributed by atoms with E-state index in [-0.39, 0.29) is 6.10 Å². The summed E-state index contributed by atoms with van der Waals surface area (Å²) in [6, 6.07) is 3.94. The van der Waals surface area contributed by atoms with Crippen LogP contribution in [0.5, 0.6) is 0 Å². The van der Waals surface area contributed by atoms with Gasteiger partial charge in [0, 0.05) is 12.4 Å². The third-order valence-electron chi connectivity index (χ3n) is 2.86. The molecule has 70 valence electrons. The van der Waals surface area contributed by atoms with Gasteiger partial charge in [0.05, 0.1) is 6.10 Å². The smallest absolute Gasteiger partial charge is 0.0611 e. The lowest BCUT2D eigenvalue weighted by Gasteiger charge is -2.08. The largest absolute Gasteiger partial charge is 0.392 e. The first-order chi connectivity index (χ1) is 6.27. The van der Waals surface area contributed by atoms with Gasteiger partial charge in [0.1, 0.15) is 0 Å². The molecule has 0 amide bonds. The fourth-order valence-electron chi connectivity index (χ4n) is 1.80. The van der Waals surface area contributed by atoms with Gasteiger partial charge in [-0.3, -0.25) is 4.98 Å². The number of aromatic nitrogens is 1. The van der Waals surface area contributed by atoms with Crippen molar-refractivity contribution < 1.29 is 5.11 Å². The second kappa shape index (κ2) is 3.46. The van der Waals surface area contributed by atoms with Crippen LogP contribution in [0, 0.1) is 11.8 Å². The van der Waals surface area contributed by atoms with Gasteiger partial charge in [-0.15, -0.1) is 0 Å². The zero-order chi connectivity index (χ0) is 9.26. The Bertz CT molecular complexity index is 273. The lowest BCUT2D eigenvalue weighted by atomic mass is 10.1. The Kier molecular flexibility index (Phi) is 2.32. The molecule has 1 fully saturated rings. The van der Waals surface area contributed by atoms with E-state index in [0.29, 0.717) is 5.92 Å². The Hall–Kier alpha value is -0.890. The first kappa shape index (κ1) is 8.70. The predicted molar refractivity (Wildman–Crippen MR) is 51.2 cm³/mol. The highest BCUT2D eigenvalue weighted by molar-refractivity contribution is 5.11. The molecule has 0 saturated heterocycles. The van der Waals surface area contributed by atoms with E-state index in [4.69, 9.17) is 0 Å². The maximum absolute atomic E-state index is 9.79. The van der Waals surface area contributed by atoms with Gasteiger partial charge in [-0.25, -0.2) is 0 Å². The zero-order valence-corrected chi connectivity index (χ0v) is 7.85. The van der Waals surface area contributed by atoms with Crippen LogP contribution in [0.1, 0.15) is 18.9 Å². The van der Waals surface area contributed by atoms with Crippen molar-refractivity contribution in [2.24, 2.45) is 11.8 Å². The van der Waals surface area contributed by atoms with Crippen molar-refractivity contribution in [1.29, 1.82) is 0 Å². The average molecular weight is 177 g/mol. The summed E-state index contributed by atoms with van der Waals surface area (Å²) >= 11 is 0. The van der Waals surface area contributed by atoms with E-state index in [0.717, 1.165) is 12.3 Å². The molecule has 0 aromatic carbocycles. The van der Waals surface area contributed by atoms with Gasteiger partial charge in [0.25, 0.3) is 0 Å². The fourth-order valence-corrected chi connectivity index (χ4v) is 1.80. The van der Waals surface area contributed by atoms with E-state index >= 15 is 0 Å². The molecular weight excluding hydrogens is 162 g/mol. The molecule has 0 radical (unpaired) electrons. The minimum absolute atomic E-state index is 0.155. The van der Waals surface area contributed by atoms with Gasteiger partial charge in [-0.2, -0.15) is 0 Å². The summed E-state index contributed by atoms with van der Waals surface area (Å²) in [5.74, 6) is 1.25. The van der Waals surface area contributed by atoms with Crippen LogP contribution in [0.3, 0.4) is 0 Å². The molecule has 3 unspecified atom stereocenters. The highest BCUT2D eigenvalue weighted by atomic mass is 16.3. The minimum Gasteiger partial charge on any atom is -0.392 e. The van der Waals surface area contributed by atoms with Crippen LogP contribution in [-0.2, 0) is 6.42 Å². The van der Waals surface area contributed by atoms with Crippen molar-refractivity contribution >= 4 is 0 Å². The van der Waals surface area contributed by atoms with Gasteiger partial charge in [0.2, 0.25) is 0 Å². The average Bonchev–Trinajstić information content (AvgIpc) is 2.84. The van der Waals surface area contributed by atoms with E-state index in [1.807, 2.05) is 12.1 Å². The second-order valence-electron chi connectivity index (χ2n) is 4.00. The normalized spacial score (nSPS) is 28.5. The number of hydrogen-bond acceptors (Lipinski definition) is 2. The molecule has 0 aliphatic heterocycles. The van der Waals surface area contributed by atoms with E-state index in [2.05, 4.69) is 11.9 Å². The van der Waals surface area contributed by atoms with Gasteiger partial charge in [-0.05, 0) is 42.4 Å². The van der Waals surface area contributed by atoms with Crippen LogP contribution in [-0.4, -0.2) is 16.2 Å². The molecule has 1 aliphatic carbocycles. The van der Waals surface area contributed by atoms with Crippen LogP contribution in [0.25, 0.3) is 0 Å². The summed E-state index contributed by atoms with van der Waals surface area (Å²) in [5, 5.41) is 9.79. The van der Waals surface area contributed by atoms with Crippen LogP contribution < -0.4 is 0 Å². The molecule has 1 aromatic rings. The van der Waals surface area contributed by atoms with Gasteiger partial charge >= 0.3 is 0 Å². The molecule has 1 heterocycles. The molecule has 2 nitrogen and oxygen atoms in total. The maximum atomic E-state index is 9.79. The number of nitrogens with zero attached hydrogens (tertiary/aromatic N) is 1. The molecule has 2 rings (SSSR count). The van der Waals surface area contributed by atoms with Crippen molar-refractivity contribution in [3.8, 4) is 0 Å². The molecule has 13 heavy (non-hydrogen) atoms. The predicted octanol–water partition coefficient (Wildman–Crippen LogP) is 1.64. The summed E-state index contributed by atoms with van der Waals surface area (Å²) in [4.78, 5) is 3.95. The van der Waals surface area contributed by atoms with E-state index in [9.17, 15) is 5.11 Å². The third-order valence-corrected chi connectivity index (χ3v) is 2.86. The molecule has 1 aromatic heterocycles. The van der Waals surface area contributed by atoms with Crippen LogP contribution in [0.4, 0.5) is 0 Å². The zero-order valence-electron chi connectivity index (χ0n) is 7.85. The van der Waals surface area contributed by atoms with Crippen molar-refractivity contribution in [3.05, 3.63) is 30.1 Å². The molecule has 0 spiro atoms. The molecule has 1 N–H and O–H groups in total. The van der Waals surface area contributed by atoms with Crippen LogP contribution in [0.15, 0.2) is 24.5 Å². The Balaban J connectivity index is 1.91. The van der Waals surface area contributed by atoms with Crippen LogP contribution in [0.2, 0.25) is 0 Å². The molecule has 1 aliphatic rings. The number of rotatable bonds is 3. The highest BCUT2D eigenvalue weighted by Crippen LogP contribution is 2.41.